The maximum atomic E-state index is 14.0. The molecule has 0 bridgehead atoms. The van der Waals surface area contributed by atoms with E-state index in [1.165, 1.54) is 54.3 Å². The first-order valence-corrected chi connectivity index (χ1v) is 49.5. The number of aliphatic hydroxyl groups excluding tert-OH is 2. The average molecular weight is 1870 g/mol. The van der Waals surface area contributed by atoms with E-state index in [0.717, 1.165) is 111 Å². The second kappa shape index (κ2) is 52.9. The number of carbonyl (C=O) groups is 8. The Morgan fingerprint density at radius 1 is 0.496 bits per heavy atom. The Morgan fingerprint density at radius 2 is 0.926 bits per heavy atom. The largest absolute Gasteiger partial charge is 0.492 e. The predicted molar refractivity (Wildman–Crippen MR) is 543 cm³/mol. The lowest BCUT2D eigenvalue weighted by Gasteiger charge is -2.35. The van der Waals surface area contributed by atoms with Gasteiger partial charge < -0.3 is 55.4 Å². The van der Waals surface area contributed by atoms with Crippen molar-refractivity contribution >= 4 is 92.0 Å². The van der Waals surface area contributed by atoms with Gasteiger partial charge in [-0.2, -0.15) is 0 Å². The van der Waals surface area contributed by atoms with E-state index in [1.54, 1.807) is 34.6 Å². The van der Waals surface area contributed by atoms with Gasteiger partial charge in [-0.3, -0.25) is 38.4 Å². The van der Waals surface area contributed by atoms with E-state index >= 15 is 0 Å². The van der Waals surface area contributed by atoms with Crippen molar-refractivity contribution in [3.8, 4) is 32.4 Å². The number of aliphatic carboxylic acids is 1. The van der Waals surface area contributed by atoms with Crippen LogP contribution < -0.4 is 25.4 Å². The molecule has 2 saturated heterocycles. The van der Waals surface area contributed by atoms with Gasteiger partial charge in [0.1, 0.15) is 42.6 Å². The molecule has 716 valence electrons. The molecule has 0 saturated carbocycles. The number of rotatable bonds is 44. The van der Waals surface area contributed by atoms with Crippen molar-refractivity contribution in [2.45, 2.75) is 228 Å². The van der Waals surface area contributed by atoms with E-state index in [4.69, 9.17) is 14.6 Å². The Labute approximate surface area is 806 Å². The molecule has 5 amide bonds. The quantitative estimate of drug-likeness (QED) is 0.0153. The number of ketones is 2. The van der Waals surface area contributed by atoms with Crippen LogP contribution in [-0.2, 0) is 51.3 Å². The van der Waals surface area contributed by atoms with Gasteiger partial charge in [-0.15, -0.1) is 22.7 Å². The lowest BCUT2D eigenvalue weighted by molar-refractivity contribution is -0.146. The summed E-state index contributed by atoms with van der Waals surface area (Å²) in [7, 11) is 3.72. The molecule has 21 nitrogen and oxygen atoms in total. The second-order valence-corrected chi connectivity index (χ2v) is 38.9. The maximum absolute atomic E-state index is 14.0. The van der Waals surface area contributed by atoms with Crippen LogP contribution in [0.1, 0.15) is 227 Å². The fourth-order valence-electron chi connectivity index (χ4n) is 17.3. The van der Waals surface area contributed by atoms with Crippen LogP contribution in [0.5, 0.6) is 11.5 Å². The minimum atomic E-state index is -0.886. The van der Waals surface area contributed by atoms with Crippen LogP contribution in [0.15, 0.2) is 229 Å². The van der Waals surface area contributed by atoms with Crippen LogP contribution in [0.2, 0.25) is 0 Å². The number of unbranched alkanes of at least 4 members (excludes halogenated alkanes) is 6. The number of aromatic nitrogens is 2. The molecule has 0 radical (unpaired) electrons. The zero-order valence-electron chi connectivity index (χ0n) is 80.8. The number of benzene rings is 8. The third kappa shape index (κ3) is 31.9. The van der Waals surface area contributed by atoms with E-state index in [-0.39, 0.29) is 99.3 Å². The highest BCUT2D eigenvalue weighted by Crippen LogP contribution is 2.40. The highest BCUT2D eigenvalue weighted by atomic mass is 32.1. The van der Waals surface area contributed by atoms with Crippen molar-refractivity contribution in [1.82, 2.24) is 40.6 Å². The lowest BCUT2D eigenvalue weighted by atomic mass is 9.76. The van der Waals surface area contributed by atoms with Gasteiger partial charge in [0, 0.05) is 90.5 Å². The van der Waals surface area contributed by atoms with Crippen molar-refractivity contribution < 1.29 is 63.1 Å². The molecule has 4 heterocycles. The first-order valence-electron chi connectivity index (χ1n) is 47.7. The Kier molecular flexibility index (Phi) is 41.2. The number of hydrogen-bond donors (Lipinski definition) is 6. The molecule has 2 fully saturated rings. The van der Waals surface area contributed by atoms with Crippen LogP contribution in [-0.4, -0.2) is 171 Å². The number of carboxylic acids is 1. The molecular weight excluding hydrogens is 1730 g/mol. The molecule has 6 N–H and O–H groups in total. The normalized spacial score (nSPS) is 15.6. The van der Waals surface area contributed by atoms with Gasteiger partial charge in [0.05, 0.1) is 57.0 Å². The SMILES string of the molecule is CC/C(=C(\c1ccccc1)c1ccc(OCCN(C)C(=O)CCCCCCC(=O)N[C@H](C(=O)N2C[C@H](O)C[C@H]2C(=O)NCc2ccc(-c3scnc3C)cc2)C(C)(C)C)cc1)c1ccccc1.CC/C(=C(\c1ccccc1)c1ccc(OCCNC)cc1)c1ccccc1.Cc1ncsc1-c1ccc(CCC(=O)[C@@H]2C[C@@H](O)CN2C(=O)[C@@H](CC(=O)CCCCCCC(=O)O)C(C)(C)C)cc1. The zero-order chi connectivity index (χ0) is 97.0. The van der Waals surface area contributed by atoms with Gasteiger partial charge >= 0.3 is 5.97 Å². The molecule has 2 aliphatic heterocycles. The van der Waals surface area contributed by atoms with Crippen molar-refractivity contribution in [3.05, 3.63) is 285 Å². The number of carbonyl (C=O) groups excluding carboxylic acids is 7. The standard InChI is InChI=1S/C55H67N5O6S.C32H44N2O6S.C25H27NO/c1-7-46(40-18-12-10-13-19-40)50(41-20-14-11-15-21-41)42-28-30-45(31-29-42)66-33-32-59(6)49(63)23-17-9-8-16-22-48(62)58-52(55(3,4)5)54(65)60-36-44(61)34-47(60)53(64)56-35-39-24-26-43(27-25-39)51-38(2)57-37-67-51;1-21-30(41-20-33-21)23-14-11-22(12-15-23)13-16-28(37)27-18-25(36)19-34(27)31(40)26(32(2,3)4)17-24(35)9-7-5-6-8-10-29(38)39;1-3-24(20-10-6-4-7-11-20)25(21-12-8-5-9-13-21)22-14-16-23(17-15-22)27-19-18-26-2/h10-15,18-21,24-31,37,44,47,52,61H,7-9,16-17,22-23,32-36H2,1-6H3,(H,56,64)(H,58,62);11-12,14-15,20,25-27,36H,5-10,13,16-19H2,1-4H3,(H,38,39);4-17,26H,3,18-19H2,1-2H3/b50-46-;;25-24-/t44-,47+,52-;25-,26-,27+;/m11./s1. The number of nitrogens with one attached hydrogen (secondary N) is 3. The van der Waals surface area contributed by atoms with E-state index in [0.29, 0.717) is 64.7 Å². The molecule has 6 atom stereocenters. The summed E-state index contributed by atoms with van der Waals surface area (Å²) < 4.78 is 11.8. The van der Waals surface area contributed by atoms with Gasteiger partial charge in [-0.05, 0) is 179 Å². The van der Waals surface area contributed by atoms with Gasteiger partial charge in [-0.25, -0.2) is 9.97 Å². The minimum absolute atomic E-state index is 0.00361. The topological polar surface area (TPSA) is 287 Å². The summed E-state index contributed by atoms with van der Waals surface area (Å²) in [5.74, 6) is -1.01. The van der Waals surface area contributed by atoms with Gasteiger partial charge in [-0.1, -0.05) is 275 Å². The van der Waals surface area contributed by atoms with Crippen molar-refractivity contribution in [1.29, 1.82) is 0 Å². The molecule has 0 spiro atoms. The second-order valence-electron chi connectivity index (χ2n) is 37.2. The summed E-state index contributed by atoms with van der Waals surface area (Å²) in [6, 6.07) is 72.5. The molecule has 12 rings (SSSR count). The first-order chi connectivity index (χ1) is 64.9. The van der Waals surface area contributed by atoms with E-state index in [9.17, 15) is 48.6 Å². The molecule has 135 heavy (non-hydrogen) atoms. The molecule has 0 unspecified atom stereocenters. The molecule has 0 aliphatic carbocycles. The van der Waals surface area contributed by atoms with Gasteiger partial charge in [0.2, 0.25) is 29.5 Å². The van der Waals surface area contributed by atoms with Crippen LogP contribution >= 0.6 is 22.7 Å². The van der Waals surface area contributed by atoms with E-state index < -0.39 is 53.1 Å². The molecule has 10 aromatic rings. The average Bonchev–Trinajstić information content (AvgIpc) is 1.66. The summed E-state index contributed by atoms with van der Waals surface area (Å²) in [6.45, 7) is 22.5. The maximum Gasteiger partial charge on any atom is 0.303 e. The molecule has 8 aromatic carbocycles. The van der Waals surface area contributed by atoms with Gasteiger partial charge in [0.15, 0.2) is 5.78 Å². The fraction of sp³-hybridized carbons (Fsp3) is 0.411. The smallest absolute Gasteiger partial charge is 0.303 e. The van der Waals surface area contributed by atoms with Crippen LogP contribution in [0, 0.1) is 30.6 Å². The lowest BCUT2D eigenvalue weighted by Crippen LogP contribution is -2.57. The predicted octanol–water partition coefficient (Wildman–Crippen LogP) is 20.8. The van der Waals surface area contributed by atoms with Crippen LogP contribution in [0.3, 0.4) is 0 Å². The highest BCUT2D eigenvalue weighted by molar-refractivity contribution is 7.13. The Hall–Kier alpha value is -11.9. The molecule has 2 aliphatic rings. The summed E-state index contributed by atoms with van der Waals surface area (Å²) in [5.41, 5.74) is 20.9. The summed E-state index contributed by atoms with van der Waals surface area (Å²) >= 11 is 3.18. The number of ether oxygens (including phenoxy) is 2. The van der Waals surface area contributed by atoms with E-state index in [1.807, 2.05) is 146 Å². The number of likely N-dealkylation sites (tertiary alicyclic amines) is 2. The number of carboxylic acid groups (broad SMARTS) is 1. The monoisotopic (exact) mass is 1870 g/mol. The number of aliphatic hydroxyl groups is 2. The van der Waals surface area contributed by atoms with Crippen LogP contribution in [0.25, 0.3) is 43.2 Å². The summed E-state index contributed by atoms with van der Waals surface area (Å²) in [5, 5.41) is 38.8. The Bertz CT molecular complexity index is 5500. The number of hydrogen-bond acceptors (Lipinski definition) is 17. The molecule has 2 aromatic heterocycles. The highest BCUT2D eigenvalue weighted by Gasteiger charge is 2.46. The Morgan fingerprint density at radius 3 is 1.37 bits per heavy atom. The van der Waals surface area contributed by atoms with Gasteiger partial charge in [0.25, 0.3) is 0 Å². The van der Waals surface area contributed by atoms with Crippen LogP contribution in [0.4, 0.5) is 0 Å². The minimum Gasteiger partial charge on any atom is -0.492 e. The van der Waals surface area contributed by atoms with Crippen molar-refractivity contribution in [2.75, 3.05) is 53.5 Å². The fourth-order valence-corrected chi connectivity index (χ4v) is 18.9. The Balaban J connectivity index is 0.000000234. The third-order valence-corrected chi connectivity index (χ3v) is 26.8. The summed E-state index contributed by atoms with van der Waals surface area (Å²) in [4.78, 5) is 120. The molecule has 23 heteroatoms. The summed E-state index contributed by atoms with van der Waals surface area (Å²) in [6.07, 6.45) is 8.26. The number of thiazole rings is 2. The number of nitrogens with zero attached hydrogens (tertiary/aromatic N) is 5. The number of amides is 5. The van der Waals surface area contributed by atoms with Crippen molar-refractivity contribution in [3.63, 3.8) is 0 Å². The number of aryl methyl sites for hydroxylation is 3. The third-order valence-electron chi connectivity index (χ3n) is 24.9. The first kappa shape index (κ1) is 105. The number of likely N-dealkylation sites (N-methyl/N-ethyl adjacent to an activating group) is 2. The zero-order valence-corrected chi connectivity index (χ0v) is 82.4. The number of β-amino-alcohol motifs (C(OH)–C–C–N with tert-alkyl or cyclic N) is 2. The van der Waals surface area contributed by atoms with Crippen molar-refractivity contribution in [2.24, 2.45) is 16.7 Å². The molecular formula is C112H138N8O13S2. The van der Waals surface area contributed by atoms with E-state index in [2.05, 4.69) is 185 Å². The number of allylic oxidation sites excluding steroid dienone is 2. The number of Topliss-reactive ketones (excluding diaryl/α,β-unsaturated/α-hetero) is 2.